The lowest BCUT2D eigenvalue weighted by atomic mass is 9.86. The maximum Gasteiger partial charge on any atom is 0.410 e. The average molecular weight is 311 g/mol. The second-order valence-corrected chi connectivity index (χ2v) is 6.16. The molecule has 1 saturated heterocycles. The number of alkyl halides is 3. The van der Waals surface area contributed by atoms with Crippen molar-refractivity contribution in [1.29, 1.82) is 0 Å². The molecule has 21 heavy (non-hydrogen) atoms. The molecule has 1 aliphatic heterocycles. The number of carbonyl (C=O) groups excluding carboxylic acids is 1. The van der Waals surface area contributed by atoms with Crippen LogP contribution in [0.1, 0.15) is 40.0 Å². The maximum atomic E-state index is 13.2. The summed E-state index contributed by atoms with van der Waals surface area (Å²) in [5.41, 5.74) is -0.910. The first kappa shape index (κ1) is 17.6. The molecule has 0 unspecified atom stereocenters. The summed E-state index contributed by atoms with van der Waals surface area (Å²) in [6.45, 7) is 4.60. The van der Waals surface area contributed by atoms with E-state index < -0.39 is 42.2 Å². The topological polar surface area (TPSA) is 66.8 Å². The Morgan fingerprint density at radius 2 is 1.86 bits per heavy atom. The number of carboxylic acids is 1. The molecular weight excluding hydrogens is 291 g/mol. The van der Waals surface area contributed by atoms with Crippen LogP contribution in [0.15, 0.2) is 0 Å². The lowest BCUT2D eigenvalue weighted by molar-refractivity contribution is -0.202. The quantitative estimate of drug-likeness (QED) is 0.851. The Kier molecular flexibility index (Phi) is 5.11. The van der Waals surface area contributed by atoms with E-state index in [4.69, 9.17) is 9.84 Å². The maximum absolute atomic E-state index is 13.2. The van der Waals surface area contributed by atoms with Crippen molar-refractivity contribution in [3.8, 4) is 0 Å². The molecule has 0 aliphatic carbocycles. The second kappa shape index (κ2) is 6.11. The van der Waals surface area contributed by atoms with E-state index in [1.165, 1.54) is 0 Å². The fraction of sp³-hybridized carbons (Fsp3) is 0.846. The molecule has 0 bridgehead atoms. The van der Waals surface area contributed by atoms with Crippen LogP contribution in [-0.2, 0) is 9.53 Å². The van der Waals surface area contributed by atoms with Gasteiger partial charge in [0.05, 0.1) is 6.42 Å². The van der Waals surface area contributed by atoms with Crippen LogP contribution >= 0.6 is 0 Å². The number of ether oxygens (including phenoxy) is 1. The summed E-state index contributed by atoms with van der Waals surface area (Å²) < 4.78 is 44.7. The Morgan fingerprint density at radius 1 is 1.29 bits per heavy atom. The number of rotatable bonds is 2. The molecule has 1 fully saturated rings. The third-order valence-corrected chi connectivity index (χ3v) is 3.16. The van der Waals surface area contributed by atoms with Gasteiger partial charge in [0.25, 0.3) is 0 Å². The molecule has 0 spiro atoms. The number of nitrogens with zero attached hydrogens (tertiary/aromatic N) is 1. The molecule has 1 aliphatic rings. The van der Waals surface area contributed by atoms with E-state index in [1.54, 1.807) is 20.8 Å². The highest BCUT2D eigenvalue weighted by Crippen LogP contribution is 2.38. The Hall–Kier alpha value is -1.47. The molecule has 0 radical (unpaired) electrons. The van der Waals surface area contributed by atoms with Crippen LogP contribution in [0.3, 0.4) is 0 Å². The van der Waals surface area contributed by atoms with Crippen molar-refractivity contribution in [2.45, 2.75) is 57.9 Å². The van der Waals surface area contributed by atoms with Gasteiger partial charge in [0.2, 0.25) is 0 Å². The minimum Gasteiger partial charge on any atom is -0.481 e. The predicted octanol–water partition coefficient (Wildman–Crippen LogP) is 3.04. The van der Waals surface area contributed by atoms with Crippen LogP contribution in [0.4, 0.5) is 18.0 Å². The highest BCUT2D eigenvalue weighted by Gasteiger charge is 2.52. The van der Waals surface area contributed by atoms with Gasteiger partial charge < -0.3 is 9.84 Å². The van der Waals surface area contributed by atoms with Crippen molar-refractivity contribution in [1.82, 2.24) is 4.90 Å². The van der Waals surface area contributed by atoms with Crippen molar-refractivity contribution >= 4 is 12.1 Å². The van der Waals surface area contributed by atoms with E-state index in [2.05, 4.69) is 0 Å². The lowest BCUT2D eigenvalue weighted by Crippen LogP contribution is -2.57. The van der Waals surface area contributed by atoms with Gasteiger partial charge in [-0.2, -0.15) is 13.2 Å². The van der Waals surface area contributed by atoms with Crippen molar-refractivity contribution in [3.63, 3.8) is 0 Å². The summed E-state index contributed by atoms with van der Waals surface area (Å²) in [6.07, 6.45) is -5.92. The summed E-state index contributed by atoms with van der Waals surface area (Å²) in [6, 6.07) is -2.11. The smallest absolute Gasteiger partial charge is 0.410 e. The van der Waals surface area contributed by atoms with E-state index in [1.807, 2.05) is 0 Å². The van der Waals surface area contributed by atoms with Gasteiger partial charge in [-0.1, -0.05) is 0 Å². The first-order valence-electron chi connectivity index (χ1n) is 6.70. The first-order valence-corrected chi connectivity index (χ1v) is 6.70. The van der Waals surface area contributed by atoms with Crippen LogP contribution in [0.2, 0.25) is 0 Å². The van der Waals surface area contributed by atoms with Crippen molar-refractivity contribution in [3.05, 3.63) is 0 Å². The van der Waals surface area contributed by atoms with E-state index in [0.717, 1.165) is 0 Å². The fourth-order valence-corrected chi connectivity index (χ4v) is 2.48. The van der Waals surface area contributed by atoms with Gasteiger partial charge in [-0.05, 0) is 39.5 Å². The third kappa shape index (κ3) is 5.09. The zero-order valence-corrected chi connectivity index (χ0v) is 12.2. The van der Waals surface area contributed by atoms with Crippen LogP contribution in [-0.4, -0.2) is 46.4 Å². The Balaban J connectivity index is 2.99. The molecule has 1 amide bonds. The van der Waals surface area contributed by atoms with Gasteiger partial charge in [0.1, 0.15) is 11.6 Å². The number of carboxylic acid groups (broad SMARTS) is 1. The SMILES string of the molecule is CC(C)(C)OC(=O)N1CCC[C@H](CC(=O)O)[C@@H]1C(F)(F)F. The Bertz CT molecular complexity index is 403. The van der Waals surface area contributed by atoms with E-state index in [9.17, 15) is 22.8 Å². The zero-order valence-electron chi connectivity index (χ0n) is 12.2. The number of hydrogen-bond donors (Lipinski definition) is 1. The number of carbonyl (C=O) groups is 2. The lowest BCUT2D eigenvalue weighted by Gasteiger charge is -2.41. The molecule has 2 atom stereocenters. The van der Waals surface area contributed by atoms with E-state index >= 15 is 0 Å². The number of aliphatic carboxylic acids is 1. The largest absolute Gasteiger partial charge is 0.481 e. The fourth-order valence-electron chi connectivity index (χ4n) is 2.48. The highest BCUT2D eigenvalue weighted by atomic mass is 19.4. The van der Waals surface area contributed by atoms with Gasteiger partial charge in [0.15, 0.2) is 0 Å². The summed E-state index contributed by atoms with van der Waals surface area (Å²) in [7, 11) is 0. The van der Waals surface area contributed by atoms with Crippen molar-refractivity contribution < 1.29 is 32.6 Å². The van der Waals surface area contributed by atoms with Crippen LogP contribution in [0.5, 0.6) is 0 Å². The summed E-state index contributed by atoms with van der Waals surface area (Å²) in [5.74, 6) is -2.45. The van der Waals surface area contributed by atoms with E-state index in [-0.39, 0.29) is 13.0 Å². The minimum absolute atomic E-state index is 0.0881. The van der Waals surface area contributed by atoms with Gasteiger partial charge in [-0.15, -0.1) is 0 Å². The summed E-state index contributed by atoms with van der Waals surface area (Å²) in [5, 5.41) is 8.76. The Labute approximate surface area is 121 Å². The number of hydrogen-bond acceptors (Lipinski definition) is 3. The number of amides is 1. The summed E-state index contributed by atoms with van der Waals surface area (Å²) >= 11 is 0. The third-order valence-electron chi connectivity index (χ3n) is 3.16. The molecule has 0 saturated carbocycles. The second-order valence-electron chi connectivity index (χ2n) is 6.16. The average Bonchev–Trinajstić information content (AvgIpc) is 2.23. The van der Waals surface area contributed by atoms with Crippen LogP contribution in [0.25, 0.3) is 0 Å². The zero-order chi connectivity index (χ0) is 16.4. The monoisotopic (exact) mass is 311 g/mol. The first-order chi connectivity index (χ1) is 9.42. The van der Waals surface area contributed by atoms with Gasteiger partial charge in [-0.3, -0.25) is 9.69 Å². The minimum atomic E-state index is -4.68. The molecule has 122 valence electrons. The number of likely N-dealkylation sites (tertiary alicyclic amines) is 1. The highest BCUT2D eigenvalue weighted by molar-refractivity contribution is 5.70. The molecular formula is C13H20F3NO4. The molecule has 1 heterocycles. The van der Waals surface area contributed by atoms with Crippen LogP contribution < -0.4 is 0 Å². The summed E-state index contributed by atoms with van der Waals surface area (Å²) in [4.78, 5) is 23.3. The molecule has 1 N–H and O–H groups in total. The molecule has 0 aromatic heterocycles. The van der Waals surface area contributed by atoms with Crippen LogP contribution in [0, 0.1) is 5.92 Å². The number of piperidine rings is 1. The molecule has 0 aromatic rings. The Morgan fingerprint density at radius 3 is 2.29 bits per heavy atom. The van der Waals surface area contributed by atoms with Gasteiger partial charge in [-0.25, -0.2) is 4.79 Å². The standard InChI is InChI=1S/C13H20F3NO4/c1-12(2,3)21-11(20)17-6-4-5-8(7-9(18)19)10(17)13(14,15)16/h8,10H,4-7H2,1-3H3,(H,18,19)/t8-,10-/m1/s1. The van der Waals surface area contributed by atoms with Crippen molar-refractivity contribution in [2.75, 3.05) is 6.54 Å². The number of halogens is 3. The predicted molar refractivity (Wildman–Crippen MR) is 67.8 cm³/mol. The van der Waals surface area contributed by atoms with Gasteiger partial charge >= 0.3 is 18.2 Å². The molecule has 0 aromatic carbocycles. The molecule has 1 rings (SSSR count). The normalized spacial score (nSPS) is 23.8. The van der Waals surface area contributed by atoms with Crippen molar-refractivity contribution in [2.24, 2.45) is 5.92 Å². The van der Waals surface area contributed by atoms with E-state index in [0.29, 0.717) is 11.3 Å². The molecule has 8 heteroatoms. The van der Waals surface area contributed by atoms with Gasteiger partial charge in [0, 0.05) is 6.54 Å². The molecule has 5 nitrogen and oxygen atoms in total.